The van der Waals surface area contributed by atoms with Crippen LogP contribution < -0.4 is 4.74 Å². The molecule has 1 aromatic carbocycles. The molecule has 0 N–H and O–H groups in total. The molecule has 0 atom stereocenters. The van der Waals surface area contributed by atoms with Crippen molar-refractivity contribution >= 4 is 11.8 Å². The highest BCUT2D eigenvalue weighted by Crippen LogP contribution is 2.37. The van der Waals surface area contributed by atoms with Crippen LogP contribution in [0.2, 0.25) is 0 Å². The molecule has 6 nitrogen and oxygen atoms in total. The summed E-state index contributed by atoms with van der Waals surface area (Å²) in [5, 5.41) is 0. The van der Waals surface area contributed by atoms with Crippen molar-refractivity contribution < 1.29 is 14.3 Å². The minimum Gasteiger partial charge on any atom is -0.493 e. The minimum absolute atomic E-state index is 0.210. The topological polar surface area (TPSA) is 53.1 Å². The molecule has 3 fully saturated rings. The lowest BCUT2D eigenvalue weighted by Crippen LogP contribution is -2.51. The number of nitrogens with zero attached hydrogens (tertiary/aromatic N) is 3. The summed E-state index contributed by atoms with van der Waals surface area (Å²) in [6.07, 6.45) is 9.12. The molecule has 3 aliphatic rings. The lowest BCUT2D eigenvalue weighted by Gasteiger charge is -2.43. The van der Waals surface area contributed by atoms with Crippen LogP contribution in [0.1, 0.15) is 57.8 Å². The molecule has 0 unspecified atom stereocenters. The van der Waals surface area contributed by atoms with Crippen LogP contribution in [0.4, 0.5) is 0 Å². The van der Waals surface area contributed by atoms with E-state index >= 15 is 0 Å². The van der Waals surface area contributed by atoms with E-state index in [2.05, 4.69) is 11.9 Å². The molecule has 4 rings (SSSR count). The van der Waals surface area contributed by atoms with Crippen molar-refractivity contribution in [2.24, 2.45) is 11.3 Å². The van der Waals surface area contributed by atoms with E-state index in [1.54, 1.807) is 0 Å². The summed E-state index contributed by atoms with van der Waals surface area (Å²) >= 11 is 0. The molecule has 6 heteroatoms. The van der Waals surface area contributed by atoms with Gasteiger partial charge in [-0.3, -0.25) is 9.59 Å². The van der Waals surface area contributed by atoms with E-state index in [1.807, 2.05) is 40.1 Å². The van der Waals surface area contributed by atoms with E-state index in [0.29, 0.717) is 25.4 Å². The fourth-order valence-corrected chi connectivity index (χ4v) is 5.63. The number of carbonyl (C=O) groups is 2. The average molecular weight is 456 g/mol. The number of para-hydroxylation sites is 1. The predicted octanol–water partition coefficient (Wildman–Crippen LogP) is 3.81. The third-order valence-corrected chi connectivity index (χ3v) is 8.09. The average Bonchev–Trinajstić information content (AvgIpc) is 3.37. The van der Waals surface area contributed by atoms with Crippen molar-refractivity contribution in [3.8, 4) is 5.75 Å². The summed E-state index contributed by atoms with van der Waals surface area (Å²) in [6, 6.07) is 9.87. The number of likely N-dealkylation sites (tertiary alicyclic amines) is 1. The van der Waals surface area contributed by atoms with E-state index in [1.165, 1.54) is 25.7 Å². The molecule has 2 heterocycles. The maximum Gasteiger partial charge on any atom is 0.223 e. The van der Waals surface area contributed by atoms with Crippen molar-refractivity contribution in [1.29, 1.82) is 0 Å². The first-order chi connectivity index (χ1) is 16.0. The van der Waals surface area contributed by atoms with Crippen LogP contribution in [-0.4, -0.2) is 79.4 Å². The van der Waals surface area contributed by atoms with Gasteiger partial charge in [-0.2, -0.15) is 0 Å². The van der Waals surface area contributed by atoms with Gasteiger partial charge in [0.15, 0.2) is 0 Å². The lowest BCUT2D eigenvalue weighted by atomic mass is 9.75. The highest BCUT2D eigenvalue weighted by Gasteiger charge is 2.40. The van der Waals surface area contributed by atoms with E-state index in [4.69, 9.17) is 4.74 Å². The standard InChI is InChI=1S/C27H41N3O3/c1-28-17-19-30(20-18-28)26(32)21-27(22-33-24-9-3-2-4-10-24)13-15-29(16-14-27)25(31)12-11-23-7-5-6-8-23/h2-4,9-10,23H,5-8,11-22H2,1H3. The van der Waals surface area contributed by atoms with E-state index < -0.39 is 0 Å². The Balaban J connectivity index is 1.34. The SMILES string of the molecule is CN1CCN(C(=O)CC2(COc3ccccc3)CCN(C(=O)CCC3CCCC3)CC2)CC1. The highest BCUT2D eigenvalue weighted by atomic mass is 16.5. The number of rotatable bonds is 8. The Morgan fingerprint density at radius 3 is 2.21 bits per heavy atom. The fraction of sp³-hybridized carbons (Fsp3) is 0.704. The highest BCUT2D eigenvalue weighted by molar-refractivity contribution is 5.78. The summed E-state index contributed by atoms with van der Waals surface area (Å²) in [7, 11) is 2.11. The van der Waals surface area contributed by atoms with E-state index in [0.717, 1.165) is 70.2 Å². The van der Waals surface area contributed by atoms with Gasteiger partial charge < -0.3 is 19.4 Å². The number of hydrogen-bond donors (Lipinski definition) is 0. The second-order valence-electron chi connectivity index (χ2n) is 10.5. The Hall–Kier alpha value is -2.08. The van der Waals surface area contributed by atoms with Gasteiger partial charge in [0.05, 0.1) is 6.61 Å². The fourth-order valence-electron chi connectivity index (χ4n) is 5.63. The summed E-state index contributed by atoms with van der Waals surface area (Å²) in [6.45, 7) is 5.47. The van der Waals surface area contributed by atoms with E-state index in [9.17, 15) is 9.59 Å². The monoisotopic (exact) mass is 455 g/mol. The number of carbonyl (C=O) groups excluding carboxylic acids is 2. The Labute approximate surface area is 199 Å². The molecule has 1 saturated carbocycles. The molecule has 2 aliphatic heterocycles. The zero-order valence-electron chi connectivity index (χ0n) is 20.3. The Kier molecular flexibility index (Phi) is 8.29. The number of piperidine rings is 1. The first-order valence-corrected chi connectivity index (χ1v) is 12.9. The minimum atomic E-state index is -0.210. The van der Waals surface area contributed by atoms with Crippen LogP contribution >= 0.6 is 0 Å². The molecule has 1 aliphatic carbocycles. The lowest BCUT2D eigenvalue weighted by molar-refractivity contribution is -0.139. The molecule has 1 aromatic rings. The summed E-state index contributed by atoms with van der Waals surface area (Å²) in [5.41, 5.74) is -0.210. The first-order valence-electron chi connectivity index (χ1n) is 12.9. The van der Waals surface area contributed by atoms with Crippen molar-refractivity contribution in [2.75, 3.05) is 52.9 Å². The van der Waals surface area contributed by atoms with Gasteiger partial charge in [-0.05, 0) is 44.4 Å². The third-order valence-electron chi connectivity index (χ3n) is 8.09. The largest absolute Gasteiger partial charge is 0.493 e. The van der Waals surface area contributed by atoms with Crippen LogP contribution in [-0.2, 0) is 9.59 Å². The van der Waals surface area contributed by atoms with Gasteiger partial charge in [0.2, 0.25) is 11.8 Å². The second-order valence-corrected chi connectivity index (χ2v) is 10.5. The smallest absolute Gasteiger partial charge is 0.223 e. The number of hydrogen-bond acceptors (Lipinski definition) is 4. The number of ether oxygens (including phenoxy) is 1. The van der Waals surface area contributed by atoms with Crippen LogP contribution in [0.15, 0.2) is 30.3 Å². The van der Waals surface area contributed by atoms with Crippen LogP contribution in [0.3, 0.4) is 0 Å². The molecular formula is C27H41N3O3. The molecule has 182 valence electrons. The van der Waals surface area contributed by atoms with Gasteiger partial charge in [-0.1, -0.05) is 43.9 Å². The molecule has 0 aromatic heterocycles. The second kappa shape index (κ2) is 11.4. The number of piperazine rings is 1. The van der Waals surface area contributed by atoms with Crippen molar-refractivity contribution in [1.82, 2.24) is 14.7 Å². The summed E-state index contributed by atoms with van der Waals surface area (Å²) in [4.78, 5) is 32.4. The quantitative estimate of drug-likeness (QED) is 0.598. The van der Waals surface area contributed by atoms with Gasteiger partial charge in [-0.15, -0.1) is 0 Å². The van der Waals surface area contributed by atoms with Crippen LogP contribution in [0.25, 0.3) is 0 Å². The number of likely N-dealkylation sites (N-methyl/N-ethyl adjacent to an activating group) is 1. The van der Waals surface area contributed by atoms with Gasteiger partial charge in [0.25, 0.3) is 0 Å². The molecule has 0 spiro atoms. The molecule has 2 amide bonds. The van der Waals surface area contributed by atoms with Gasteiger partial charge >= 0.3 is 0 Å². The summed E-state index contributed by atoms with van der Waals surface area (Å²) < 4.78 is 6.18. The number of amides is 2. The van der Waals surface area contributed by atoms with Crippen molar-refractivity contribution in [3.05, 3.63) is 30.3 Å². The maximum atomic E-state index is 13.2. The van der Waals surface area contributed by atoms with Crippen LogP contribution in [0.5, 0.6) is 5.75 Å². The van der Waals surface area contributed by atoms with Crippen molar-refractivity contribution in [2.45, 2.75) is 57.8 Å². The number of benzene rings is 1. The maximum absolute atomic E-state index is 13.2. The summed E-state index contributed by atoms with van der Waals surface area (Å²) in [5.74, 6) is 2.13. The zero-order chi connectivity index (χ0) is 23.1. The molecule has 2 saturated heterocycles. The van der Waals surface area contributed by atoms with Crippen LogP contribution in [0, 0.1) is 11.3 Å². The predicted molar refractivity (Wildman–Crippen MR) is 130 cm³/mol. The van der Waals surface area contributed by atoms with Gasteiger partial charge in [0.1, 0.15) is 5.75 Å². The molecular weight excluding hydrogens is 414 g/mol. The van der Waals surface area contributed by atoms with Gasteiger partial charge in [-0.25, -0.2) is 0 Å². The molecule has 0 bridgehead atoms. The molecule has 0 radical (unpaired) electrons. The Morgan fingerprint density at radius 2 is 1.55 bits per heavy atom. The van der Waals surface area contributed by atoms with Crippen molar-refractivity contribution in [3.63, 3.8) is 0 Å². The Morgan fingerprint density at radius 1 is 0.909 bits per heavy atom. The molecule has 33 heavy (non-hydrogen) atoms. The Bertz CT molecular complexity index is 762. The first kappa shape index (κ1) is 24.1. The zero-order valence-corrected chi connectivity index (χ0v) is 20.3. The van der Waals surface area contributed by atoms with Gasteiger partial charge in [0, 0.05) is 57.5 Å². The normalized spacial score (nSPS) is 21.8. The van der Waals surface area contributed by atoms with E-state index in [-0.39, 0.29) is 11.3 Å². The third kappa shape index (κ3) is 6.72.